The largest absolute Gasteiger partial charge is 0.489 e. The summed E-state index contributed by atoms with van der Waals surface area (Å²) in [4.78, 5) is 0. The Balaban J connectivity index is 1.99. The van der Waals surface area contributed by atoms with Crippen molar-refractivity contribution in [3.05, 3.63) is 47.5 Å². The van der Waals surface area contributed by atoms with Crippen molar-refractivity contribution in [2.45, 2.75) is 33.5 Å². The third-order valence-electron chi connectivity index (χ3n) is 2.93. The molecule has 1 heterocycles. The molecule has 4 nitrogen and oxygen atoms in total. The topological polar surface area (TPSA) is 39.1 Å². The molecule has 0 unspecified atom stereocenters. The Kier molecular flexibility index (Phi) is 5.12. The van der Waals surface area contributed by atoms with Gasteiger partial charge in [0.2, 0.25) is 0 Å². The van der Waals surface area contributed by atoms with E-state index in [0.717, 1.165) is 24.2 Å². The van der Waals surface area contributed by atoms with Gasteiger partial charge in [-0.3, -0.25) is 4.68 Å². The molecular weight excluding hydrogens is 257 g/mol. The molecular formula is C15H20FN3O. The molecule has 0 aliphatic rings. The third kappa shape index (κ3) is 4.06. The van der Waals surface area contributed by atoms with Crippen LogP contribution in [0.3, 0.4) is 0 Å². The number of aryl methyl sites for hydroxylation is 1. The Morgan fingerprint density at radius 1 is 1.25 bits per heavy atom. The molecule has 2 rings (SSSR count). The van der Waals surface area contributed by atoms with E-state index in [-0.39, 0.29) is 5.82 Å². The average molecular weight is 277 g/mol. The van der Waals surface area contributed by atoms with Crippen LogP contribution in [0.2, 0.25) is 0 Å². The molecule has 0 fully saturated rings. The second-order valence-corrected chi connectivity index (χ2v) is 4.57. The van der Waals surface area contributed by atoms with Gasteiger partial charge in [0.15, 0.2) is 0 Å². The van der Waals surface area contributed by atoms with Gasteiger partial charge < -0.3 is 10.1 Å². The fraction of sp³-hybridized carbons (Fsp3) is 0.400. The Morgan fingerprint density at radius 2 is 2.10 bits per heavy atom. The van der Waals surface area contributed by atoms with Crippen LogP contribution in [0.1, 0.15) is 25.0 Å². The summed E-state index contributed by atoms with van der Waals surface area (Å²) in [6.07, 6.45) is 3.70. The lowest BCUT2D eigenvalue weighted by molar-refractivity contribution is 0.304. The smallest absolute Gasteiger partial charge is 0.127 e. The molecule has 1 aromatic carbocycles. The van der Waals surface area contributed by atoms with Gasteiger partial charge in [0.05, 0.1) is 6.20 Å². The van der Waals surface area contributed by atoms with E-state index in [9.17, 15) is 4.39 Å². The molecule has 2 aromatic rings. The van der Waals surface area contributed by atoms with Crippen LogP contribution >= 0.6 is 0 Å². The maximum Gasteiger partial charge on any atom is 0.127 e. The van der Waals surface area contributed by atoms with Crippen LogP contribution < -0.4 is 10.1 Å². The molecule has 1 aromatic heterocycles. The van der Waals surface area contributed by atoms with Gasteiger partial charge in [0.1, 0.15) is 18.2 Å². The minimum atomic E-state index is -0.278. The zero-order valence-electron chi connectivity index (χ0n) is 11.9. The number of aromatic nitrogens is 2. The summed E-state index contributed by atoms with van der Waals surface area (Å²) in [6, 6.07) is 4.78. The van der Waals surface area contributed by atoms with Crippen molar-refractivity contribution < 1.29 is 9.13 Å². The van der Waals surface area contributed by atoms with Crippen molar-refractivity contribution in [3.8, 4) is 5.75 Å². The fourth-order valence-electron chi connectivity index (χ4n) is 1.90. The zero-order chi connectivity index (χ0) is 14.4. The van der Waals surface area contributed by atoms with Crippen molar-refractivity contribution >= 4 is 0 Å². The molecule has 0 aliphatic heterocycles. The number of hydrogen-bond acceptors (Lipinski definition) is 3. The highest BCUT2D eigenvalue weighted by atomic mass is 19.1. The summed E-state index contributed by atoms with van der Waals surface area (Å²) >= 11 is 0. The van der Waals surface area contributed by atoms with Gasteiger partial charge in [-0.2, -0.15) is 5.10 Å². The first-order valence-corrected chi connectivity index (χ1v) is 6.85. The summed E-state index contributed by atoms with van der Waals surface area (Å²) in [7, 11) is 0. The monoisotopic (exact) mass is 277 g/mol. The molecule has 1 N–H and O–H groups in total. The second kappa shape index (κ2) is 7.05. The summed E-state index contributed by atoms with van der Waals surface area (Å²) < 4.78 is 21.0. The molecule has 108 valence electrons. The van der Waals surface area contributed by atoms with Gasteiger partial charge in [-0.25, -0.2) is 4.39 Å². The Bertz CT molecular complexity index is 554. The van der Waals surface area contributed by atoms with Crippen LogP contribution in [0.5, 0.6) is 5.75 Å². The average Bonchev–Trinajstić information content (AvgIpc) is 2.90. The highest BCUT2D eigenvalue weighted by molar-refractivity contribution is 5.29. The van der Waals surface area contributed by atoms with E-state index in [2.05, 4.69) is 10.4 Å². The predicted octanol–water partition coefficient (Wildman–Crippen LogP) is 2.73. The number of nitrogens with one attached hydrogen (secondary N) is 1. The number of ether oxygens (including phenoxy) is 1. The van der Waals surface area contributed by atoms with Crippen molar-refractivity contribution in [2.24, 2.45) is 0 Å². The number of benzene rings is 1. The molecule has 0 saturated carbocycles. The lowest BCUT2D eigenvalue weighted by Crippen LogP contribution is -2.12. The first kappa shape index (κ1) is 14.5. The standard InChI is InChI=1S/C15H20FN3O/c1-3-17-8-12-5-14(16)7-15(6-12)20-11-13-9-18-19(4-2)10-13/h5-7,9-10,17H,3-4,8,11H2,1-2H3. The van der Waals surface area contributed by atoms with Crippen LogP contribution in [-0.4, -0.2) is 16.3 Å². The van der Waals surface area contributed by atoms with E-state index in [1.807, 2.05) is 30.8 Å². The molecule has 0 radical (unpaired) electrons. The van der Waals surface area contributed by atoms with Gasteiger partial charge in [-0.1, -0.05) is 6.92 Å². The molecule has 0 aliphatic carbocycles. The summed E-state index contributed by atoms with van der Waals surface area (Å²) in [6.45, 7) is 6.75. The first-order valence-electron chi connectivity index (χ1n) is 6.85. The summed E-state index contributed by atoms with van der Waals surface area (Å²) in [5.74, 6) is 0.266. The maximum absolute atomic E-state index is 13.5. The number of rotatable bonds is 7. The maximum atomic E-state index is 13.5. The van der Waals surface area contributed by atoms with E-state index in [1.54, 1.807) is 6.20 Å². The molecule has 0 spiro atoms. The SMILES string of the molecule is CCNCc1cc(F)cc(OCc2cnn(CC)c2)c1. The van der Waals surface area contributed by atoms with Crippen LogP contribution in [0.15, 0.2) is 30.6 Å². The fourth-order valence-corrected chi connectivity index (χ4v) is 1.90. The Labute approximate surface area is 118 Å². The summed E-state index contributed by atoms with van der Waals surface area (Å²) in [5.41, 5.74) is 1.86. The normalized spacial score (nSPS) is 10.8. The minimum Gasteiger partial charge on any atom is -0.489 e. The van der Waals surface area contributed by atoms with Crippen molar-refractivity contribution in [1.29, 1.82) is 0 Å². The van der Waals surface area contributed by atoms with Crippen LogP contribution in [0.4, 0.5) is 4.39 Å². The summed E-state index contributed by atoms with van der Waals surface area (Å²) in [5, 5.41) is 7.34. The van der Waals surface area contributed by atoms with E-state index >= 15 is 0 Å². The molecule has 0 saturated heterocycles. The van der Waals surface area contributed by atoms with Crippen molar-refractivity contribution in [1.82, 2.24) is 15.1 Å². The van der Waals surface area contributed by atoms with Crippen LogP contribution in [0.25, 0.3) is 0 Å². The van der Waals surface area contributed by atoms with Crippen LogP contribution in [0, 0.1) is 5.82 Å². The lowest BCUT2D eigenvalue weighted by atomic mass is 10.2. The molecule has 5 heteroatoms. The van der Waals surface area contributed by atoms with Gasteiger partial charge in [-0.15, -0.1) is 0 Å². The van der Waals surface area contributed by atoms with E-state index < -0.39 is 0 Å². The van der Waals surface area contributed by atoms with Crippen LogP contribution in [-0.2, 0) is 19.7 Å². The highest BCUT2D eigenvalue weighted by Gasteiger charge is 2.03. The third-order valence-corrected chi connectivity index (χ3v) is 2.93. The predicted molar refractivity (Wildman–Crippen MR) is 76.0 cm³/mol. The second-order valence-electron chi connectivity index (χ2n) is 4.57. The van der Waals surface area contributed by atoms with Gasteiger partial charge in [0, 0.05) is 30.9 Å². The number of hydrogen-bond donors (Lipinski definition) is 1. The van der Waals surface area contributed by atoms with E-state index in [1.165, 1.54) is 12.1 Å². The molecule has 0 atom stereocenters. The molecule has 0 amide bonds. The first-order chi connectivity index (χ1) is 9.71. The quantitative estimate of drug-likeness (QED) is 0.846. The van der Waals surface area contributed by atoms with Gasteiger partial charge >= 0.3 is 0 Å². The molecule has 0 bridgehead atoms. The zero-order valence-corrected chi connectivity index (χ0v) is 11.9. The molecule has 20 heavy (non-hydrogen) atoms. The van der Waals surface area contributed by atoms with Crippen molar-refractivity contribution in [2.75, 3.05) is 6.54 Å². The number of halogens is 1. The van der Waals surface area contributed by atoms with E-state index in [0.29, 0.717) is 18.9 Å². The minimum absolute atomic E-state index is 0.278. The number of nitrogens with zero attached hydrogens (tertiary/aromatic N) is 2. The lowest BCUT2D eigenvalue weighted by Gasteiger charge is -2.08. The van der Waals surface area contributed by atoms with E-state index in [4.69, 9.17) is 4.74 Å². The Morgan fingerprint density at radius 3 is 2.80 bits per heavy atom. The van der Waals surface area contributed by atoms with Gasteiger partial charge in [0.25, 0.3) is 0 Å². The van der Waals surface area contributed by atoms with Crippen molar-refractivity contribution in [3.63, 3.8) is 0 Å². The van der Waals surface area contributed by atoms with Gasteiger partial charge in [-0.05, 0) is 31.2 Å². The highest BCUT2D eigenvalue weighted by Crippen LogP contribution is 2.18. The Hall–Kier alpha value is -1.88.